The van der Waals surface area contributed by atoms with E-state index in [0.29, 0.717) is 12.6 Å². The molecule has 1 N–H and O–H groups in total. The third-order valence-corrected chi connectivity index (χ3v) is 6.58. The highest BCUT2D eigenvalue weighted by Crippen LogP contribution is 2.27. The minimum atomic E-state index is -0.0936. The molecule has 4 rings (SSSR count). The Morgan fingerprint density at radius 2 is 1.79 bits per heavy atom. The van der Waals surface area contributed by atoms with Gasteiger partial charge in [-0.25, -0.2) is 0 Å². The van der Waals surface area contributed by atoms with Crippen LogP contribution in [0.5, 0.6) is 0 Å². The zero-order valence-corrected chi connectivity index (χ0v) is 16.9. The van der Waals surface area contributed by atoms with Crippen LogP contribution in [0.1, 0.15) is 38.2 Å². The fourth-order valence-corrected chi connectivity index (χ4v) is 4.74. The first-order valence-corrected chi connectivity index (χ1v) is 10.8. The van der Waals surface area contributed by atoms with Gasteiger partial charge in [-0.3, -0.25) is 19.4 Å². The van der Waals surface area contributed by atoms with Gasteiger partial charge in [-0.15, -0.1) is 0 Å². The lowest BCUT2D eigenvalue weighted by Crippen LogP contribution is -2.56. The van der Waals surface area contributed by atoms with Gasteiger partial charge in [0.05, 0.1) is 12.6 Å². The first kappa shape index (κ1) is 19.4. The summed E-state index contributed by atoms with van der Waals surface area (Å²) in [4.78, 5) is 31.7. The average Bonchev–Trinajstić information content (AvgIpc) is 3.37. The van der Waals surface area contributed by atoms with Crippen LogP contribution in [0.2, 0.25) is 0 Å². The molecule has 0 spiro atoms. The van der Waals surface area contributed by atoms with Gasteiger partial charge < -0.3 is 10.2 Å². The molecule has 1 unspecified atom stereocenters. The van der Waals surface area contributed by atoms with Gasteiger partial charge in [-0.05, 0) is 37.8 Å². The second-order valence-electron chi connectivity index (χ2n) is 8.40. The highest BCUT2D eigenvalue weighted by molar-refractivity contribution is 5.96. The van der Waals surface area contributed by atoms with Crippen LogP contribution >= 0.6 is 0 Å². The molecule has 1 atom stereocenters. The van der Waals surface area contributed by atoms with Gasteiger partial charge in [-0.1, -0.05) is 31.0 Å². The monoisotopic (exact) mass is 384 g/mol. The van der Waals surface area contributed by atoms with E-state index < -0.39 is 0 Å². The number of rotatable bonds is 5. The van der Waals surface area contributed by atoms with E-state index in [2.05, 4.69) is 21.2 Å². The maximum absolute atomic E-state index is 12.8. The molecule has 6 nitrogen and oxygen atoms in total. The molecule has 0 radical (unpaired) electrons. The van der Waals surface area contributed by atoms with E-state index >= 15 is 0 Å². The number of hydrogen-bond acceptors (Lipinski definition) is 4. The van der Waals surface area contributed by atoms with Crippen LogP contribution in [0, 0.1) is 0 Å². The van der Waals surface area contributed by atoms with Gasteiger partial charge in [0, 0.05) is 44.5 Å². The number of amides is 2. The van der Waals surface area contributed by atoms with Crippen LogP contribution in [0.4, 0.5) is 5.69 Å². The van der Waals surface area contributed by atoms with Gasteiger partial charge in [0.1, 0.15) is 0 Å². The summed E-state index contributed by atoms with van der Waals surface area (Å²) in [7, 11) is 0. The normalized spacial score (nSPS) is 22.2. The number of benzene rings is 1. The van der Waals surface area contributed by atoms with Crippen molar-refractivity contribution in [2.24, 2.45) is 0 Å². The van der Waals surface area contributed by atoms with Crippen molar-refractivity contribution in [2.45, 2.75) is 51.1 Å². The van der Waals surface area contributed by atoms with Crippen molar-refractivity contribution in [3.8, 4) is 0 Å². The molecule has 28 heavy (non-hydrogen) atoms. The van der Waals surface area contributed by atoms with Gasteiger partial charge in [0.2, 0.25) is 11.8 Å². The zero-order valence-electron chi connectivity index (χ0n) is 16.9. The fraction of sp³-hybridized carbons (Fsp3) is 0.636. The molecule has 1 saturated heterocycles. The third kappa shape index (κ3) is 4.23. The molecule has 0 aromatic heterocycles. The second-order valence-corrected chi connectivity index (χ2v) is 8.40. The van der Waals surface area contributed by atoms with E-state index in [0.717, 1.165) is 57.7 Å². The number of anilines is 1. The van der Waals surface area contributed by atoms with Crippen molar-refractivity contribution in [1.82, 2.24) is 15.1 Å². The van der Waals surface area contributed by atoms with Crippen molar-refractivity contribution < 1.29 is 9.59 Å². The van der Waals surface area contributed by atoms with E-state index in [1.54, 1.807) is 0 Å². The van der Waals surface area contributed by atoms with E-state index in [1.807, 2.05) is 30.0 Å². The van der Waals surface area contributed by atoms with Crippen molar-refractivity contribution in [3.05, 3.63) is 29.8 Å². The van der Waals surface area contributed by atoms with E-state index in [9.17, 15) is 9.59 Å². The smallest absolute Gasteiger partial charge is 0.241 e. The predicted molar refractivity (Wildman–Crippen MR) is 110 cm³/mol. The van der Waals surface area contributed by atoms with Crippen LogP contribution in [0.3, 0.4) is 0 Å². The maximum Gasteiger partial charge on any atom is 0.241 e. The van der Waals surface area contributed by atoms with Crippen LogP contribution in [0.25, 0.3) is 0 Å². The minimum Gasteiger partial charge on any atom is -0.352 e. The van der Waals surface area contributed by atoms with Crippen molar-refractivity contribution in [3.63, 3.8) is 0 Å². The largest absolute Gasteiger partial charge is 0.352 e. The molecule has 1 aliphatic carbocycles. The summed E-state index contributed by atoms with van der Waals surface area (Å²) in [6.07, 6.45) is 5.65. The Labute approximate surface area is 167 Å². The lowest BCUT2D eigenvalue weighted by atomic mass is 10.2. The molecule has 1 aromatic rings. The first-order valence-electron chi connectivity index (χ1n) is 10.8. The molecule has 2 fully saturated rings. The van der Waals surface area contributed by atoms with Gasteiger partial charge in [0.15, 0.2) is 0 Å². The molecule has 1 saturated carbocycles. The molecule has 6 heteroatoms. The Morgan fingerprint density at radius 3 is 2.54 bits per heavy atom. The maximum atomic E-state index is 12.8. The van der Waals surface area contributed by atoms with E-state index in [-0.39, 0.29) is 17.9 Å². The number of piperazine rings is 1. The summed E-state index contributed by atoms with van der Waals surface area (Å²) in [5, 5.41) is 3.21. The molecule has 2 heterocycles. The zero-order chi connectivity index (χ0) is 19.5. The molecule has 0 bridgehead atoms. The highest BCUT2D eigenvalue weighted by atomic mass is 16.2. The SMILES string of the molecule is CC(C(=O)NC1CCCC1)N1CCN(CC(=O)N2CCc3ccccc32)CC1. The van der Waals surface area contributed by atoms with Crippen LogP contribution < -0.4 is 10.2 Å². The Morgan fingerprint density at radius 1 is 1.07 bits per heavy atom. The molecule has 152 valence electrons. The highest BCUT2D eigenvalue weighted by Gasteiger charge is 2.30. The van der Waals surface area contributed by atoms with Crippen molar-refractivity contribution >= 4 is 17.5 Å². The number of carbonyl (C=O) groups excluding carboxylic acids is 2. The molecule has 2 amide bonds. The van der Waals surface area contributed by atoms with Crippen molar-refractivity contribution in [1.29, 1.82) is 0 Å². The molecular formula is C22H32N4O2. The summed E-state index contributed by atoms with van der Waals surface area (Å²) in [5.41, 5.74) is 2.34. The molecule has 1 aromatic carbocycles. The summed E-state index contributed by atoms with van der Waals surface area (Å²) in [5.74, 6) is 0.343. The number of para-hydroxylation sites is 1. The Bertz CT molecular complexity index is 708. The summed E-state index contributed by atoms with van der Waals surface area (Å²) < 4.78 is 0. The lowest BCUT2D eigenvalue weighted by Gasteiger charge is -2.37. The Hall–Kier alpha value is -1.92. The topological polar surface area (TPSA) is 55.9 Å². The number of nitrogens with one attached hydrogen (secondary N) is 1. The number of hydrogen-bond donors (Lipinski definition) is 1. The molecule has 2 aliphatic heterocycles. The number of nitrogens with zero attached hydrogens (tertiary/aromatic N) is 3. The molecule has 3 aliphatic rings. The fourth-order valence-electron chi connectivity index (χ4n) is 4.74. The van der Waals surface area contributed by atoms with Crippen LogP contribution in [-0.4, -0.2) is 73.0 Å². The number of carbonyl (C=O) groups is 2. The second kappa shape index (κ2) is 8.62. The van der Waals surface area contributed by atoms with Crippen LogP contribution in [-0.2, 0) is 16.0 Å². The molecular weight excluding hydrogens is 352 g/mol. The van der Waals surface area contributed by atoms with Crippen LogP contribution in [0.15, 0.2) is 24.3 Å². The van der Waals surface area contributed by atoms with Gasteiger partial charge in [-0.2, -0.15) is 0 Å². The van der Waals surface area contributed by atoms with E-state index in [1.165, 1.54) is 18.4 Å². The third-order valence-electron chi connectivity index (χ3n) is 6.58. The quantitative estimate of drug-likeness (QED) is 0.839. The summed E-state index contributed by atoms with van der Waals surface area (Å²) in [6, 6.07) is 8.47. The predicted octanol–water partition coefficient (Wildman–Crippen LogP) is 1.64. The average molecular weight is 385 g/mol. The summed E-state index contributed by atoms with van der Waals surface area (Å²) >= 11 is 0. The van der Waals surface area contributed by atoms with E-state index in [4.69, 9.17) is 0 Å². The Balaban J connectivity index is 1.24. The van der Waals surface area contributed by atoms with Gasteiger partial charge >= 0.3 is 0 Å². The number of fused-ring (bicyclic) bond motifs is 1. The van der Waals surface area contributed by atoms with Crippen molar-refractivity contribution in [2.75, 3.05) is 44.2 Å². The summed E-state index contributed by atoms with van der Waals surface area (Å²) in [6.45, 7) is 6.60. The first-order chi connectivity index (χ1) is 13.6. The lowest BCUT2D eigenvalue weighted by molar-refractivity contribution is -0.128. The minimum absolute atomic E-state index is 0.0936. The standard InChI is InChI=1S/C22H32N4O2/c1-17(22(28)23-19-7-3-4-8-19)25-14-12-24(13-15-25)16-21(27)26-11-10-18-6-2-5-9-20(18)26/h2,5-6,9,17,19H,3-4,7-8,10-16H2,1H3,(H,23,28). The Kier molecular flexibility index (Phi) is 5.97. The van der Waals surface area contributed by atoms with Gasteiger partial charge in [0.25, 0.3) is 0 Å².